The topological polar surface area (TPSA) is 57.4 Å². The van der Waals surface area contributed by atoms with E-state index in [1.807, 2.05) is 0 Å². The van der Waals surface area contributed by atoms with E-state index in [4.69, 9.17) is 4.74 Å². The molecule has 1 aromatic carbocycles. The van der Waals surface area contributed by atoms with E-state index >= 15 is 0 Å². The van der Waals surface area contributed by atoms with Gasteiger partial charge in [0.25, 0.3) is 5.91 Å². The molecule has 1 aliphatic heterocycles. The number of halogens is 1. The van der Waals surface area contributed by atoms with E-state index in [2.05, 4.69) is 29.0 Å². The Bertz CT molecular complexity index is 723. The van der Waals surface area contributed by atoms with Gasteiger partial charge in [0, 0.05) is 36.6 Å². The molecule has 1 unspecified atom stereocenters. The van der Waals surface area contributed by atoms with Crippen molar-refractivity contribution in [2.24, 2.45) is 5.92 Å². The summed E-state index contributed by atoms with van der Waals surface area (Å²) in [4.78, 5) is 17.9. The Morgan fingerprint density at radius 1 is 1.36 bits per heavy atom. The van der Waals surface area contributed by atoms with Crippen LogP contribution >= 0.6 is 0 Å². The second-order valence-electron chi connectivity index (χ2n) is 7.03. The van der Waals surface area contributed by atoms with Crippen molar-refractivity contribution in [2.45, 2.75) is 26.3 Å². The first-order chi connectivity index (χ1) is 12.0. The Morgan fingerprint density at radius 3 is 2.80 bits per heavy atom. The lowest BCUT2D eigenvalue weighted by atomic mass is 10.0. The molecule has 0 bridgehead atoms. The third-order valence-electron chi connectivity index (χ3n) is 4.66. The van der Waals surface area contributed by atoms with Crippen molar-refractivity contribution in [3.8, 4) is 0 Å². The summed E-state index contributed by atoms with van der Waals surface area (Å²) in [6.07, 6.45) is 1.02. The summed E-state index contributed by atoms with van der Waals surface area (Å²) in [6.45, 7) is 8.23. The molecule has 0 spiro atoms. The number of nitrogens with one attached hydrogen (secondary N) is 2. The SMILES string of the molecule is CC(C)CC(CNC(=O)c1cc2c(F)cccc2[nH]1)N1CCOCC1. The van der Waals surface area contributed by atoms with E-state index in [1.54, 1.807) is 18.2 Å². The molecular formula is C19H26FN3O2. The molecule has 3 rings (SSSR count). The number of morpholine rings is 1. The monoisotopic (exact) mass is 347 g/mol. The van der Waals surface area contributed by atoms with Gasteiger partial charge in [-0.15, -0.1) is 0 Å². The van der Waals surface area contributed by atoms with Gasteiger partial charge in [-0.3, -0.25) is 9.69 Å². The smallest absolute Gasteiger partial charge is 0.267 e. The number of hydrogen-bond acceptors (Lipinski definition) is 3. The van der Waals surface area contributed by atoms with Crippen LogP contribution in [0.15, 0.2) is 24.3 Å². The number of ether oxygens (including phenoxy) is 1. The molecule has 1 aliphatic rings. The molecule has 2 heterocycles. The summed E-state index contributed by atoms with van der Waals surface area (Å²) in [5, 5.41) is 3.45. The molecule has 0 radical (unpaired) electrons. The molecule has 0 saturated carbocycles. The number of fused-ring (bicyclic) bond motifs is 1. The Hall–Kier alpha value is -1.92. The second-order valence-corrected chi connectivity index (χ2v) is 7.03. The number of nitrogens with zero attached hydrogens (tertiary/aromatic N) is 1. The lowest BCUT2D eigenvalue weighted by Crippen LogP contribution is -2.49. The summed E-state index contributed by atoms with van der Waals surface area (Å²) < 4.78 is 19.2. The Labute approximate surface area is 147 Å². The predicted octanol–water partition coefficient (Wildman–Crippen LogP) is 2.78. The number of amides is 1. The average Bonchev–Trinajstić information content (AvgIpc) is 3.04. The number of carbonyl (C=O) groups excluding carboxylic acids is 1. The van der Waals surface area contributed by atoms with Crippen LogP contribution in [0.3, 0.4) is 0 Å². The zero-order chi connectivity index (χ0) is 17.8. The molecule has 1 saturated heterocycles. The Kier molecular flexibility index (Phi) is 5.71. The lowest BCUT2D eigenvalue weighted by Gasteiger charge is -2.35. The van der Waals surface area contributed by atoms with Crippen LogP contribution in [0.2, 0.25) is 0 Å². The molecule has 1 atom stereocenters. The fourth-order valence-electron chi connectivity index (χ4n) is 3.39. The summed E-state index contributed by atoms with van der Waals surface area (Å²) in [7, 11) is 0. The Morgan fingerprint density at radius 2 is 2.12 bits per heavy atom. The molecule has 136 valence electrons. The van der Waals surface area contributed by atoms with Gasteiger partial charge in [0.05, 0.1) is 13.2 Å². The number of benzene rings is 1. The molecule has 6 heteroatoms. The highest BCUT2D eigenvalue weighted by Gasteiger charge is 2.23. The van der Waals surface area contributed by atoms with Crippen molar-refractivity contribution in [1.82, 2.24) is 15.2 Å². The van der Waals surface area contributed by atoms with Gasteiger partial charge in [0.2, 0.25) is 0 Å². The normalized spacial score (nSPS) is 17.1. The van der Waals surface area contributed by atoms with Crippen molar-refractivity contribution in [1.29, 1.82) is 0 Å². The number of hydrogen-bond donors (Lipinski definition) is 2. The van der Waals surface area contributed by atoms with Crippen LogP contribution in [-0.2, 0) is 4.74 Å². The minimum absolute atomic E-state index is 0.197. The molecule has 1 fully saturated rings. The fraction of sp³-hybridized carbons (Fsp3) is 0.526. The molecule has 25 heavy (non-hydrogen) atoms. The molecule has 2 aromatic rings. The number of aromatic amines is 1. The van der Waals surface area contributed by atoms with Crippen molar-refractivity contribution in [2.75, 3.05) is 32.8 Å². The molecule has 1 amide bonds. The molecule has 1 aromatic heterocycles. The maximum absolute atomic E-state index is 13.8. The van der Waals surface area contributed by atoms with Crippen molar-refractivity contribution >= 4 is 16.8 Å². The van der Waals surface area contributed by atoms with Crippen LogP contribution in [-0.4, -0.2) is 54.7 Å². The lowest BCUT2D eigenvalue weighted by molar-refractivity contribution is 0.0124. The van der Waals surface area contributed by atoms with Crippen molar-refractivity contribution in [3.63, 3.8) is 0 Å². The van der Waals surface area contributed by atoms with Gasteiger partial charge < -0.3 is 15.0 Å². The summed E-state index contributed by atoms with van der Waals surface area (Å²) in [6, 6.07) is 6.66. The number of carbonyl (C=O) groups is 1. The largest absolute Gasteiger partial charge is 0.379 e. The van der Waals surface area contributed by atoms with Crippen molar-refractivity contribution < 1.29 is 13.9 Å². The van der Waals surface area contributed by atoms with Gasteiger partial charge in [-0.05, 0) is 30.5 Å². The van der Waals surface area contributed by atoms with E-state index < -0.39 is 0 Å². The quantitative estimate of drug-likeness (QED) is 0.845. The number of aromatic nitrogens is 1. The van der Waals surface area contributed by atoms with E-state index in [1.165, 1.54) is 6.07 Å². The van der Waals surface area contributed by atoms with Gasteiger partial charge in [-0.1, -0.05) is 19.9 Å². The van der Waals surface area contributed by atoms with Crippen molar-refractivity contribution in [3.05, 3.63) is 35.8 Å². The third-order valence-corrected chi connectivity index (χ3v) is 4.66. The zero-order valence-corrected chi connectivity index (χ0v) is 14.8. The van der Waals surface area contributed by atoms with Crippen LogP contribution in [0.5, 0.6) is 0 Å². The predicted molar refractivity (Wildman–Crippen MR) is 96.2 cm³/mol. The molecular weight excluding hydrogens is 321 g/mol. The minimum atomic E-state index is -0.321. The zero-order valence-electron chi connectivity index (χ0n) is 14.8. The van der Waals surface area contributed by atoms with E-state index in [0.29, 0.717) is 29.1 Å². The molecule has 5 nitrogen and oxygen atoms in total. The maximum Gasteiger partial charge on any atom is 0.267 e. The summed E-state index contributed by atoms with van der Waals surface area (Å²) in [5.74, 6) is 0.0309. The second kappa shape index (κ2) is 7.97. The average molecular weight is 347 g/mol. The minimum Gasteiger partial charge on any atom is -0.379 e. The van der Waals surface area contributed by atoms with E-state index in [-0.39, 0.29) is 17.8 Å². The Balaban J connectivity index is 1.66. The highest BCUT2D eigenvalue weighted by molar-refractivity contribution is 5.98. The van der Waals surface area contributed by atoms with Crippen LogP contribution < -0.4 is 5.32 Å². The first-order valence-corrected chi connectivity index (χ1v) is 8.92. The van der Waals surface area contributed by atoms with Crippen LogP contribution in [0, 0.1) is 11.7 Å². The van der Waals surface area contributed by atoms with E-state index in [0.717, 1.165) is 32.7 Å². The van der Waals surface area contributed by atoms with E-state index in [9.17, 15) is 9.18 Å². The van der Waals surface area contributed by atoms with Crippen LogP contribution in [0.4, 0.5) is 4.39 Å². The summed E-state index contributed by atoms with van der Waals surface area (Å²) in [5.41, 5.74) is 1.03. The maximum atomic E-state index is 13.8. The number of H-pyrrole nitrogens is 1. The first kappa shape index (κ1) is 17.9. The van der Waals surface area contributed by atoms with Gasteiger partial charge in [0.15, 0.2) is 0 Å². The number of rotatable bonds is 6. The van der Waals surface area contributed by atoms with Gasteiger partial charge >= 0.3 is 0 Å². The summed E-state index contributed by atoms with van der Waals surface area (Å²) >= 11 is 0. The molecule has 0 aliphatic carbocycles. The van der Waals surface area contributed by atoms with Gasteiger partial charge in [0.1, 0.15) is 11.5 Å². The van der Waals surface area contributed by atoms with Crippen LogP contribution in [0.1, 0.15) is 30.8 Å². The third kappa shape index (κ3) is 4.38. The highest BCUT2D eigenvalue weighted by atomic mass is 19.1. The highest BCUT2D eigenvalue weighted by Crippen LogP contribution is 2.19. The van der Waals surface area contributed by atoms with Gasteiger partial charge in [-0.25, -0.2) is 4.39 Å². The fourth-order valence-corrected chi connectivity index (χ4v) is 3.39. The van der Waals surface area contributed by atoms with Crippen LogP contribution in [0.25, 0.3) is 10.9 Å². The van der Waals surface area contributed by atoms with Gasteiger partial charge in [-0.2, -0.15) is 0 Å². The first-order valence-electron chi connectivity index (χ1n) is 8.92. The molecule has 2 N–H and O–H groups in total. The standard InChI is InChI=1S/C19H26FN3O2/c1-13(2)10-14(23-6-8-25-9-7-23)12-21-19(24)18-11-15-16(20)4-3-5-17(15)22-18/h3-5,11,13-14,22H,6-10,12H2,1-2H3,(H,21,24).